The maximum absolute atomic E-state index is 4.57. The predicted octanol–water partition coefficient (Wildman–Crippen LogP) is 2.27. The third-order valence-corrected chi connectivity index (χ3v) is 4.16. The zero-order chi connectivity index (χ0) is 16.2. The fraction of sp³-hybridized carbons (Fsp3) is 0.294. The Hall–Kier alpha value is -2.96. The molecule has 0 atom stereocenters. The minimum Gasteiger partial charge on any atom is -0.357 e. The highest BCUT2D eigenvalue weighted by Gasteiger charge is 2.13. The van der Waals surface area contributed by atoms with Crippen LogP contribution in [0.3, 0.4) is 0 Å². The van der Waals surface area contributed by atoms with Gasteiger partial charge >= 0.3 is 0 Å². The van der Waals surface area contributed by atoms with Crippen molar-refractivity contribution in [3.05, 3.63) is 54.2 Å². The number of hydrogen-bond acceptors (Lipinski definition) is 6. The van der Waals surface area contributed by atoms with Crippen molar-refractivity contribution >= 4 is 11.8 Å². The highest BCUT2D eigenvalue weighted by atomic mass is 15.6. The molecule has 24 heavy (non-hydrogen) atoms. The number of pyridine rings is 1. The molecular formula is C17H19N7. The van der Waals surface area contributed by atoms with E-state index in [1.807, 2.05) is 36.5 Å². The predicted molar refractivity (Wildman–Crippen MR) is 92.2 cm³/mol. The van der Waals surface area contributed by atoms with Crippen molar-refractivity contribution in [2.75, 3.05) is 23.3 Å². The molecule has 0 unspecified atom stereocenters. The quantitative estimate of drug-likeness (QED) is 0.777. The molecule has 1 saturated heterocycles. The van der Waals surface area contributed by atoms with E-state index in [2.05, 4.69) is 42.9 Å². The molecule has 0 radical (unpaired) electrons. The lowest BCUT2D eigenvalue weighted by atomic mass is 10.3. The van der Waals surface area contributed by atoms with Gasteiger partial charge in [0.05, 0.1) is 5.69 Å². The van der Waals surface area contributed by atoms with Crippen molar-refractivity contribution in [1.29, 1.82) is 0 Å². The van der Waals surface area contributed by atoms with E-state index in [1.54, 1.807) is 4.68 Å². The van der Waals surface area contributed by atoms with Gasteiger partial charge in [-0.25, -0.2) is 4.98 Å². The van der Waals surface area contributed by atoms with Gasteiger partial charge in [-0.15, -0.1) is 0 Å². The van der Waals surface area contributed by atoms with Crippen molar-refractivity contribution < 1.29 is 0 Å². The number of hydrogen-bond donors (Lipinski definition) is 1. The molecule has 1 N–H and O–H groups in total. The second-order valence-electron chi connectivity index (χ2n) is 5.82. The lowest BCUT2D eigenvalue weighted by molar-refractivity contribution is 0.789. The fourth-order valence-corrected chi connectivity index (χ4v) is 2.88. The molecule has 3 heterocycles. The summed E-state index contributed by atoms with van der Waals surface area (Å²) in [4.78, 5) is 6.90. The van der Waals surface area contributed by atoms with Gasteiger partial charge in [0.25, 0.3) is 0 Å². The van der Waals surface area contributed by atoms with E-state index in [0.29, 0.717) is 12.5 Å². The zero-order valence-corrected chi connectivity index (χ0v) is 13.3. The average molecular weight is 321 g/mol. The van der Waals surface area contributed by atoms with Crippen LogP contribution in [0.1, 0.15) is 18.4 Å². The van der Waals surface area contributed by atoms with E-state index < -0.39 is 0 Å². The SMILES string of the molecule is c1ccc(-n2nnnc2NCc2ccc(N3CCCC3)nc2)cc1. The lowest BCUT2D eigenvalue weighted by Gasteiger charge is -2.16. The summed E-state index contributed by atoms with van der Waals surface area (Å²) >= 11 is 0. The largest absolute Gasteiger partial charge is 0.357 e. The third-order valence-electron chi connectivity index (χ3n) is 4.16. The summed E-state index contributed by atoms with van der Waals surface area (Å²) in [6.07, 6.45) is 4.43. The summed E-state index contributed by atoms with van der Waals surface area (Å²) in [5.74, 6) is 1.68. The van der Waals surface area contributed by atoms with Crippen molar-refractivity contribution in [2.24, 2.45) is 0 Å². The Balaban J connectivity index is 1.43. The summed E-state index contributed by atoms with van der Waals surface area (Å²) in [6.45, 7) is 2.84. The normalized spacial score (nSPS) is 14.1. The van der Waals surface area contributed by atoms with Gasteiger partial charge in [0.2, 0.25) is 5.95 Å². The Kier molecular flexibility index (Phi) is 4.05. The Bertz CT molecular complexity index is 776. The minimum absolute atomic E-state index is 0.616. The third kappa shape index (κ3) is 3.05. The number of para-hydroxylation sites is 1. The smallest absolute Gasteiger partial charge is 0.248 e. The first-order valence-corrected chi connectivity index (χ1v) is 8.18. The molecule has 1 aliphatic heterocycles. The van der Waals surface area contributed by atoms with Gasteiger partial charge in [0, 0.05) is 25.8 Å². The first-order chi connectivity index (χ1) is 11.9. The van der Waals surface area contributed by atoms with E-state index >= 15 is 0 Å². The molecule has 1 aliphatic rings. The first-order valence-electron chi connectivity index (χ1n) is 8.18. The molecular weight excluding hydrogens is 302 g/mol. The monoisotopic (exact) mass is 321 g/mol. The van der Waals surface area contributed by atoms with E-state index in [1.165, 1.54) is 12.8 Å². The Morgan fingerprint density at radius 3 is 2.58 bits per heavy atom. The highest BCUT2D eigenvalue weighted by Crippen LogP contribution is 2.18. The molecule has 0 saturated carbocycles. The fourth-order valence-electron chi connectivity index (χ4n) is 2.88. The van der Waals surface area contributed by atoms with Crippen LogP contribution in [0.25, 0.3) is 5.69 Å². The van der Waals surface area contributed by atoms with Crippen LogP contribution in [-0.4, -0.2) is 38.3 Å². The number of nitrogens with zero attached hydrogens (tertiary/aromatic N) is 6. The van der Waals surface area contributed by atoms with Crippen molar-refractivity contribution in [1.82, 2.24) is 25.2 Å². The van der Waals surface area contributed by atoms with Crippen LogP contribution in [-0.2, 0) is 6.54 Å². The van der Waals surface area contributed by atoms with Crippen molar-refractivity contribution in [3.63, 3.8) is 0 Å². The number of nitrogens with one attached hydrogen (secondary N) is 1. The van der Waals surface area contributed by atoms with Crippen LogP contribution in [0.5, 0.6) is 0 Å². The first kappa shape index (κ1) is 14.6. The molecule has 1 fully saturated rings. The van der Waals surface area contributed by atoms with Gasteiger partial charge in [0.15, 0.2) is 0 Å². The van der Waals surface area contributed by atoms with Crippen LogP contribution in [0.2, 0.25) is 0 Å². The minimum atomic E-state index is 0.616. The van der Waals surface area contributed by atoms with Gasteiger partial charge in [-0.2, -0.15) is 4.68 Å². The number of anilines is 2. The summed E-state index contributed by atoms with van der Waals surface area (Å²) in [7, 11) is 0. The van der Waals surface area contributed by atoms with Crippen LogP contribution in [0, 0.1) is 0 Å². The molecule has 2 aromatic heterocycles. The molecule has 0 bridgehead atoms. The number of benzene rings is 1. The Morgan fingerprint density at radius 2 is 1.83 bits per heavy atom. The van der Waals surface area contributed by atoms with E-state index in [9.17, 15) is 0 Å². The van der Waals surface area contributed by atoms with Gasteiger partial charge in [-0.05, 0) is 47.0 Å². The van der Waals surface area contributed by atoms with Crippen molar-refractivity contribution in [3.8, 4) is 5.69 Å². The maximum Gasteiger partial charge on any atom is 0.248 e. The van der Waals surface area contributed by atoms with Crippen LogP contribution < -0.4 is 10.2 Å². The molecule has 7 heteroatoms. The molecule has 0 spiro atoms. The van der Waals surface area contributed by atoms with Crippen LogP contribution in [0.4, 0.5) is 11.8 Å². The molecule has 1 aromatic carbocycles. The number of rotatable bonds is 5. The standard InChI is InChI=1S/C17H19N7/c1-2-6-15(7-3-1)24-17(20-21-22-24)19-13-14-8-9-16(18-12-14)23-10-4-5-11-23/h1-3,6-9,12H,4-5,10-11,13H2,(H,19,20,22). The van der Waals surface area contributed by atoms with E-state index in [4.69, 9.17) is 0 Å². The molecule has 4 rings (SSSR count). The second kappa shape index (κ2) is 6.66. The highest BCUT2D eigenvalue weighted by molar-refractivity contribution is 5.42. The summed E-state index contributed by atoms with van der Waals surface area (Å²) in [6, 6.07) is 14.0. The van der Waals surface area contributed by atoms with Gasteiger partial charge in [0.1, 0.15) is 5.82 Å². The summed E-state index contributed by atoms with van der Waals surface area (Å²) < 4.78 is 1.69. The molecule has 0 aliphatic carbocycles. The second-order valence-corrected chi connectivity index (χ2v) is 5.82. The van der Waals surface area contributed by atoms with Crippen LogP contribution >= 0.6 is 0 Å². The van der Waals surface area contributed by atoms with Crippen LogP contribution in [0.15, 0.2) is 48.7 Å². The topological polar surface area (TPSA) is 71.8 Å². The van der Waals surface area contributed by atoms with Gasteiger partial charge < -0.3 is 10.2 Å². The molecule has 122 valence electrons. The van der Waals surface area contributed by atoms with E-state index in [-0.39, 0.29) is 0 Å². The lowest BCUT2D eigenvalue weighted by Crippen LogP contribution is -2.18. The van der Waals surface area contributed by atoms with E-state index in [0.717, 1.165) is 30.2 Å². The zero-order valence-electron chi connectivity index (χ0n) is 13.3. The van der Waals surface area contributed by atoms with Crippen molar-refractivity contribution in [2.45, 2.75) is 19.4 Å². The molecule has 3 aromatic rings. The number of tetrazole rings is 1. The Morgan fingerprint density at radius 1 is 1.00 bits per heavy atom. The van der Waals surface area contributed by atoms with Gasteiger partial charge in [-0.1, -0.05) is 29.4 Å². The maximum atomic E-state index is 4.57. The molecule has 0 amide bonds. The average Bonchev–Trinajstić information content (AvgIpc) is 3.33. The molecule has 7 nitrogen and oxygen atoms in total. The summed E-state index contributed by atoms with van der Waals surface area (Å²) in [5, 5.41) is 15.1. The Labute approximate surface area is 140 Å². The van der Waals surface area contributed by atoms with Gasteiger partial charge in [-0.3, -0.25) is 0 Å². The summed E-state index contributed by atoms with van der Waals surface area (Å²) in [5.41, 5.74) is 2.02. The number of aromatic nitrogens is 5.